The third-order valence-electron chi connectivity index (χ3n) is 2.39. The van der Waals surface area contributed by atoms with Gasteiger partial charge in [0.1, 0.15) is 0 Å². The quantitative estimate of drug-likeness (QED) is 0.539. The fourth-order valence-corrected chi connectivity index (χ4v) is 2.65. The zero-order valence-electron chi connectivity index (χ0n) is 9.48. The standard InChI is InChI=1S/C12H14ClF3S/c1-2-10-9(6-4-8-13)5-3-7-11(10)17-12(14,15)16/h3,5,7H,2,4,6,8H2,1H3. The van der Waals surface area contributed by atoms with E-state index < -0.39 is 5.51 Å². The minimum Gasteiger partial charge on any atom is -0.160 e. The Morgan fingerprint density at radius 3 is 2.53 bits per heavy atom. The zero-order valence-corrected chi connectivity index (χ0v) is 11.1. The van der Waals surface area contributed by atoms with Crippen molar-refractivity contribution in [2.45, 2.75) is 36.6 Å². The van der Waals surface area contributed by atoms with Crippen LogP contribution in [0.25, 0.3) is 0 Å². The summed E-state index contributed by atoms with van der Waals surface area (Å²) in [6.45, 7) is 1.87. The Morgan fingerprint density at radius 1 is 1.29 bits per heavy atom. The maximum atomic E-state index is 12.4. The van der Waals surface area contributed by atoms with Crippen molar-refractivity contribution in [3.05, 3.63) is 29.3 Å². The van der Waals surface area contributed by atoms with Crippen LogP contribution in [0.1, 0.15) is 24.5 Å². The number of aryl methyl sites for hydroxylation is 1. The molecule has 0 bridgehead atoms. The average Bonchev–Trinajstić information content (AvgIpc) is 2.24. The van der Waals surface area contributed by atoms with Crippen LogP contribution in [0.5, 0.6) is 0 Å². The van der Waals surface area contributed by atoms with Gasteiger partial charge in [0.2, 0.25) is 0 Å². The predicted octanol–water partition coefficient (Wildman–Crippen LogP) is 5.03. The van der Waals surface area contributed by atoms with Gasteiger partial charge in [-0.05, 0) is 48.2 Å². The fraction of sp³-hybridized carbons (Fsp3) is 0.500. The van der Waals surface area contributed by atoms with Gasteiger partial charge in [-0.3, -0.25) is 0 Å². The van der Waals surface area contributed by atoms with Crippen molar-refractivity contribution in [1.82, 2.24) is 0 Å². The molecule has 0 saturated heterocycles. The molecule has 1 rings (SSSR count). The van der Waals surface area contributed by atoms with E-state index in [0.29, 0.717) is 17.2 Å². The number of hydrogen-bond acceptors (Lipinski definition) is 1. The molecule has 0 atom stereocenters. The van der Waals surface area contributed by atoms with E-state index in [4.69, 9.17) is 11.6 Å². The molecule has 96 valence electrons. The first-order chi connectivity index (χ1) is 7.98. The molecule has 17 heavy (non-hydrogen) atoms. The summed E-state index contributed by atoms with van der Waals surface area (Å²) in [6, 6.07) is 5.09. The summed E-state index contributed by atoms with van der Waals surface area (Å²) in [6.07, 6.45) is 2.13. The molecule has 0 amide bonds. The number of thioether (sulfide) groups is 1. The van der Waals surface area contributed by atoms with E-state index >= 15 is 0 Å². The Balaban J connectivity index is 2.97. The first-order valence-corrected chi connectivity index (χ1v) is 6.75. The highest BCUT2D eigenvalue weighted by Gasteiger charge is 2.30. The third kappa shape index (κ3) is 4.80. The molecule has 0 unspecified atom stereocenters. The van der Waals surface area contributed by atoms with Gasteiger partial charge in [-0.1, -0.05) is 19.1 Å². The predicted molar refractivity (Wildman–Crippen MR) is 66.8 cm³/mol. The maximum absolute atomic E-state index is 12.4. The van der Waals surface area contributed by atoms with Crippen molar-refractivity contribution >= 4 is 23.4 Å². The van der Waals surface area contributed by atoms with Crippen LogP contribution in [0.2, 0.25) is 0 Å². The lowest BCUT2D eigenvalue weighted by Crippen LogP contribution is -2.03. The summed E-state index contributed by atoms with van der Waals surface area (Å²) < 4.78 is 37.1. The topological polar surface area (TPSA) is 0 Å². The fourth-order valence-electron chi connectivity index (χ4n) is 1.72. The highest BCUT2D eigenvalue weighted by Crippen LogP contribution is 2.39. The molecule has 0 fully saturated rings. The Kier molecular flexibility index (Phi) is 5.67. The van der Waals surface area contributed by atoms with Gasteiger partial charge in [-0.25, -0.2) is 0 Å². The van der Waals surface area contributed by atoms with E-state index in [9.17, 15) is 13.2 Å². The normalized spacial score (nSPS) is 11.8. The zero-order chi connectivity index (χ0) is 12.9. The Bertz CT molecular complexity index is 363. The van der Waals surface area contributed by atoms with Crippen LogP contribution in [0, 0.1) is 0 Å². The molecule has 0 N–H and O–H groups in total. The summed E-state index contributed by atoms with van der Waals surface area (Å²) >= 11 is 5.57. The summed E-state index contributed by atoms with van der Waals surface area (Å²) in [4.78, 5) is 0.312. The number of alkyl halides is 4. The van der Waals surface area contributed by atoms with Crippen LogP contribution < -0.4 is 0 Å². The van der Waals surface area contributed by atoms with Crippen LogP contribution in [0.3, 0.4) is 0 Å². The van der Waals surface area contributed by atoms with Crippen LogP contribution in [0.15, 0.2) is 23.1 Å². The van der Waals surface area contributed by atoms with Crippen molar-refractivity contribution in [1.29, 1.82) is 0 Å². The van der Waals surface area contributed by atoms with E-state index in [1.165, 1.54) is 6.07 Å². The highest BCUT2D eigenvalue weighted by atomic mass is 35.5. The Morgan fingerprint density at radius 2 is 2.00 bits per heavy atom. The van der Waals surface area contributed by atoms with Crippen molar-refractivity contribution < 1.29 is 13.2 Å². The summed E-state index contributed by atoms with van der Waals surface area (Å²) in [5, 5.41) is 0. The van der Waals surface area contributed by atoms with E-state index in [2.05, 4.69) is 0 Å². The van der Waals surface area contributed by atoms with Crippen LogP contribution in [-0.4, -0.2) is 11.4 Å². The molecule has 1 aromatic rings. The molecule has 0 spiro atoms. The molecule has 5 heteroatoms. The summed E-state index contributed by atoms with van der Waals surface area (Å²) in [5.74, 6) is 0.528. The number of benzene rings is 1. The maximum Gasteiger partial charge on any atom is 0.446 e. The molecule has 0 saturated carbocycles. The Labute approximate surface area is 109 Å². The van der Waals surface area contributed by atoms with Gasteiger partial charge in [0.05, 0.1) is 0 Å². The van der Waals surface area contributed by atoms with Gasteiger partial charge in [0.15, 0.2) is 0 Å². The second-order valence-electron chi connectivity index (χ2n) is 3.59. The Hall–Kier alpha value is -0.350. The lowest BCUT2D eigenvalue weighted by Gasteiger charge is -2.14. The monoisotopic (exact) mass is 282 g/mol. The van der Waals surface area contributed by atoms with E-state index in [-0.39, 0.29) is 11.8 Å². The molecule has 0 nitrogen and oxygen atoms in total. The average molecular weight is 283 g/mol. The van der Waals surface area contributed by atoms with Gasteiger partial charge in [0, 0.05) is 10.8 Å². The van der Waals surface area contributed by atoms with Crippen LogP contribution >= 0.6 is 23.4 Å². The first-order valence-electron chi connectivity index (χ1n) is 5.40. The third-order valence-corrected chi connectivity index (χ3v) is 3.49. The van der Waals surface area contributed by atoms with Crippen molar-refractivity contribution in [2.75, 3.05) is 5.88 Å². The van der Waals surface area contributed by atoms with Gasteiger partial charge in [0.25, 0.3) is 0 Å². The molecule has 0 heterocycles. The van der Waals surface area contributed by atoms with E-state index in [1.807, 2.05) is 13.0 Å². The molecule has 0 aliphatic heterocycles. The molecule has 0 aliphatic rings. The van der Waals surface area contributed by atoms with Gasteiger partial charge in [-0.15, -0.1) is 11.6 Å². The van der Waals surface area contributed by atoms with Crippen molar-refractivity contribution in [3.63, 3.8) is 0 Å². The van der Waals surface area contributed by atoms with E-state index in [1.54, 1.807) is 6.07 Å². The molecular weight excluding hydrogens is 269 g/mol. The first kappa shape index (κ1) is 14.7. The van der Waals surface area contributed by atoms with Crippen LogP contribution in [0.4, 0.5) is 13.2 Å². The highest BCUT2D eigenvalue weighted by molar-refractivity contribution is 8.00. The molecular formula is C12H14ClF3S. The second-order valence-corrected chi connectivity index (χ2v) is 5.07. The number of rotatable bonds is 5. The number of halogens is 4. The molecule has 0 aliphatic carbocycles. The summed E-state index contributed by atoms with van der Waals surface area (Å²) in [5.41, 5.74) is -2.46. The van der Waals surface area contributed by atoms with Gasteiger partial charge in [-0.2, -0.15) is 13.2 Å². The minimum absolute atomic E-state index is 0.0334. The largest absolute Gasteiger partial charge is 0.446 e. The van der Waals surface area contributed by atoms with Gasteiger partial charge >= 0.3 is 5.51 Å². The second kappa shape index (κ2) is 6.55. The van der Waals surface area contributed by atoms with Crippen molar-refractivity contribution in [3.8, 4) is 0 Å². The van der Waals surface area contributed by atoms with E-state index in [0.717, 1.165) is 24.0 Å². The van der Waals surface area contributed by atoms with Crippen LogP contribution in [-0.2, 0) is 12.8 Å². The number of hydrogen-bond donors (Lipinski definition) is 0. The lowest BCUT2D eigenvalue weighted by atomic mass is 10.0. The lowest BCUT2D eigenvalue weighted by molar-refractivity contribution is -0.0328. The SMILES string of the molecule is CCc1c(CCCCl)cccc1SC(F)(F)F. The van der Waals surface area contributed by atoms with Crippen molar-refractivity contribution in [2.24, 2.45) is 0 Å². The molecule has 1 aromatic carbocycles. The smallest absolute Gasteiger partial charge is 0.160 e. The molecule has 0 aromatic heterocycles. The summed E-state index contributed by atoms with van der Waals surface area (Å²) in [7, 11) is 0. The van der Waals surface area contributed by atoms with Gasteiger partial charge < -0.3 is 0 Å². The molecule has 0 radical (unpaired) electrons. The minimum atomic E-state index is -4.23.